The molecule has 7 nitrogen and oxygen atoms in total. The monoisotopic (exact) mass is 737 g/mol. The van der Waals surface area contributed by atoms with E-state index in [9.17, 15) is 37.8 Å². The Bertz CT molecular complexity index is 1850. The van der Waals surface area contributed by atoms with Gasteiger partial charge in [-0.1, -0.05) is 65.0 Å². The van der Waals surface area contributed by atoms with Crippen LogP contribution in [0, 0.1) is 44.3 Å². The molecule has 0 radical (unpaired) electrons. The van der Waals surface area contributed by atoms with Gasteiger partial charge in [0.2, 0.25) is 0 Å². The van der Waals surface area contributed by atoms with Gasteiger partial charge in [-0.05, 0) is 101 Å². The first-order valence-corrected chi connectivity index (χ1v) is 19.7. The Balaban J connectivity index is 1.21. The maximum Gasteiger partial charge on any atom is 0.416 e. The Morgan fingerprint density at radius 2 is 1.62 bits per heavy atom. The predicted octanol–water partition coefficient (Wildman–Crippen LogP) is 7.84. The fourth-order valence-electron chi connectivity index (χ4n) is 13.4. The molecule has 1 aromatic carbocycles. The molecule has 5 fully saturated rings. The van der Waals surface area contributed by atoms with E-state index in [-0.39, 0.29) is 41.2 Å². The minimum Gasteiger partial charge on any atom is -0.448 e. The van der Waals surface area contributed by atoms with Crippen molar-refractivity contribution in [3.8, 4) is 0 Å². The van der Waals surface area contributed by atoms with E-state index in [4.69, 9.17) is 4.74 Å². The summed E-state index contributed by atoms with van der Waals surface area (Å²) in [6, 6.07) is 4.65. The average molecular weight is 738 g/mol. The van der Waals surface area contributed by atoms with Crippen LogP contribution in [0.4, 0.5) is 13.2 Å². The molecule has 4 saturated carbocycles. The van der Waals surface area contributed by atoms with E-state index in [2.05, 4.69) is 26.0 Å². The van der Waals surface area contributed by atoms with Crippen LogP contribution in [-0.2, 0) is 20.5 Å². The van der Waals surface area contributed by atoms with Crippen molar-refractivity contribution in [2.45, 2.75) is 129 Å². The van der Waals surface area contributed by atoms with Crippen LogP contribution in [0.2, 0.25) is 0 Å². The number of hydrogen-bond donors (Lipinski definition) is 2. The van der Waals surface area contributed by atoms with Crippen molar-refractivity contribution in [1.82, 2.24) is 4.90 Å². The number of Topliss-reactive ketones (excluding diaryl/α,β-unsaturated/α-hetero) is 1. The molecule has 1 heterocycles. The maximum atomic E-state index is 14.8. The third kappa shape index (κ3) is 4.34. The van der Waals surface area contributed by atoms with E-state index in [1.807, 2.05) is 33.8 Å². The number of fused-ring (bicyclic) bond motifs is 3. The molecule has 53 heavy (non-hydrogen) atoms. The maximum absolute atomic E-state index is 14.8. The molecular weight excluding hydrogens is 683 g/mol. The summed E-state index contributed by atoms with van der Waals surface area (Å²) in [4.78, 5) is 44.5. The van der Waals surface area contributed by atoms with E-state index in [1.54, 1.807) is 4.90 Å². The highest BCUT2D eigenvalue weighted by atomic mass is 19.4. The van der Waals surface area contributed by atoms with Crippen molar-refractivity contribution in [2.75, 3.05) is 13.1 Å². The van der Waals surface area contributed by atoms with Gasteiger partial charge in [0.05, 0.1) is 29.2 Å². The van der Waals surface area contributed by atoms with Crippen LogP contribution >= 0.6 is 0 Å². The number of ether oxygens (including phenoxy) is 1. The van der Waals surface area contributed by atoms with Crippen LogP contribution < -0.4 is 0 Å². The van der Waals surface area contributed by atoms with E-state index in [0.29, 0.717) is 69.9 Å². The molecule has 1 saturated heterocycles. The number of carbonyl (C=O) groups is 3. The molecule has 1 aromatic rings. The standard InChI is InChI=1S/C43H54F3NO6/c1-7-21-47(33(50)42-20-17-38(6,34(51)53-42)35(42,2)3)25-40(52)16-13-31-37(40,5)15-12-30-36(4)14-11-28(48)23-39(36)18-19-41(30,31)29(24-39)32(49)26-9-8-10-27(22-26)43(44,45)46/h8-10,18-19,22,24,28,30-31,48,52H,7,11-17,20-21,23,25H2,1-6H3/t28?,30-,31-,36-,37+,38+,39+,40-,41-,42-/m1/s1. The first-order chi connectivity index (χ1) is 24.6. The SMILES string of the molecule is CCCN(C[C@]1(O)CC[C@H]2[C@]34C=C[C@@]5(C=C3C(=O)c3cccc(C(F)(F)F)c3)CC(O)CC[C@]5(C)[C@H]4CC[C@@]21C)C(=O)[C@@]12CC[C@@](C)(C(=O)O1)C2(C)C. The summed E-state index contributed by atoms with van der Waals surface area (Å²) < 4.78 is 47.8. The molecule has 8 aliphatic rings. The smallest absolute Gasteiger partial charge is 0.416 e. The highest BCUT2D eigenvalue weighted by molar-refractivity contribution is 6.10. The summed E-state index contributed by atoms with van der Waals surface area (Å²) >= 11 is 0. The molecule has 7 aliphatic carbocycles. The van der Waals surface area contributed by atoms with Crippen molar-refractivity contribution >= 4 is 17.7 Å². The van der Waals surface area contributed by atoms with E-state index >= 15 is 0 Å². The van der Waals surface area contributed by atoms with Crippen molar-refractivity contribution in [3.05, 3.63) is 59.2 Å². The molecule has 1 unspecified atom stereocenters. The molecule has 9 rings (SSSR count). The van der Waals surface area contributed by atoms with Gasteiger partial charge in [0.25, 0.3) is 5.91 Å². The van der Waals surface area contributed by atoms with Crippen LogP contribution in [0.3, 0.4) is 0 Å². The lowest BCUT2D eigenvalue weighted by molar-refractivity contribution is -0.187. The van der Waals surface area contributed by atoms with Gasteiger partial charge in [-0.15, -0.1) is 0 Å². The van der Waals surface area contributed by atoms with Crippen molar-refractivity contribution in [3.63, 3.8) is 0 Å². The number of allylic oxidation sites excluding steroid dienone is 4. The number of halogens is 3. The lowest BCUT2D eigenvalue weighted by atomic mass is 9.32. The largest absolute Gasteiger partial charge is 0.448 e. The molecule has 2 N–H and O–H groups in total. The number of nitrogens with zero attached hydrogens (tertiary/aromatic N) is 1. The van der Waals surface area contributed by atoms with E-state index < -0.39 is 61.9 Å². The molecule has 10 heteroatoms. The molecule has 2 spiro atoms. The normalized spacial score (nSPS) is 44.5. The van der Waals surface area contributed by atoms with Crippen LogP contribution in [0.25, 0.3) is 0 Å². The van der Waals surface area contributed by atoms with Gasteiger partial charge in [0.1, 0.15) is 0 Å². The minimum atomic E-state index is -4.61. The zero-order valence-electron chi connectivity index (χ0n) is 31.9. The van der Waals surface area contributed by atoms with Gasteiger partial charge in [0, 0.05) is 39.3 Å². The topological polar surface area (TPSA) is 104 Å². The highest BCUT2D eigenvalue weighted by Gasteiger charge is 2.78. The van der Waals surface area contributed by atoms with Crippen molar-refractivity contribution < 1.29 is 42.5 Å². The van der Waals surface area contributed by atoms with Gasteiger partial charge in [0.15, 0.2) is 11.4 Å². The van der Waals surface area contributed by atoms with Crippen LogP contribution in [-0.4, -0.2) is 63.2 Å². The molecule has 0 aromatic heterocycles. The first-order valence-electron chi connectivity index (χ1n) is 19.7. The van der Waals surface area contributed by atoms with Crippen LogP contribution in [0.5, 0.6) is 0 Å². The Hall–Kier alpha value is -2.98. The number of carbonyl (C=O) groups excluding carboxylic acids is 3. The third-order valence-electron chi connectivity index (χ3n) is 17.1. The molecule has 1 amide bonds. The number of amides is 1. The second kappa shape index (κ2) is 11.1. The summed E-state index contributed by atoms with van der Waals surface area (Å²) in [7, 11) is 0. The van der Waals surface area contributed by atoms with Crippen molar-refractivity contribution in [1.29, 1.82) is 0 Å². The van der Waals surface area contributed by atoms with Gasteiger partial charge in [-0.2, -0.15) is 13.2 Å². The summed E-state index contributed by atoms with van der Waals surface area (Å²) in [5.74, 6) is -1.34. The zero-order valence-corrected chi connectivity index (χ0v) is 31.9. The number of rotatable bonds is 7. The molecule has 288 valence electrons. The molecule has 10 atom stereocenters. The van der Waals surface area contributed by atoms with E-state index in [0.717, 1.165) is 18.6 Å². The summed E-state index contributed by atoms with van der Waals surface area (Å²) in [6.07, 6.45) is 6.82. The second-order valence-corrected chi connectivity index (χ2v) is 19.1. The quantitative estimate of drug-likeness (QED) is 0.168. The van der Waals surface area contributed by atoms with Crippen LogP contribution in [0.15, 0.2) is 48.1 Å². The molecule has 1 aliphatic heterocycles. The number of aliphatic hydroxyl groups excluding tert-OH is 1. The predicted molar refractivity (Wildman–Crippen MR) is 191 cm³/mol. The van der Waals surface area contributed by atoms with Gasteiger partial charge in [-0.25, -0.2) is 0 Å². The van der Waals surface area contributed by atoms with E-state index in [1.165, 1.54) is 12.1 Å². The highest BCUT2D eigenvalue weighted by Crippen LogP contribution is 2.78. The van der Waals surface area contributed by atoms with Gasteiger partial charge in [-0.3, -0.25) is 14.4 Å². The summed E-state index contributed by atoms with van der Waals surface area (Å²) in [6.45, 7) is 12.5. The minimum absolute atomic E-state index is 0.0218. The third-order valence-corrected chi connectivity index (χ3v) is 17.1. The number of benzene rings is 1. The number of aliphatic hydroxyl groups is 2. The van der Waals surface area contributed by atoms with Crippen molar-refractivity contribution in [2.24, 2.45) is 44.3 Å². The number of ketones is 1. The van der Waals surface area contributed by atoms with Gasteiger partial charge >= 0.3 is 12.1 Å². The molecular formula is C43H54F3NO6. The Morgan fingerprint density at radius 1 is 0.943 bits per heavy atom. The summed E-state index contributed by atoms with van der Waals surface area (Å²) in [5, 5.41) is 24.0. The Kier molecular flexibility index (Phi) is 7.73. The summed E-state index contributed by atoms with van der Waals surface area (Å²) in [5.41, 5.74) is -7.17. The number of esters is 1. The fourth-order valence-corrected chi connectivity index (χ4v) is 13.4. The fraction of sp³-hybridized carbons (Fsp3) is 0.698. The second-order valence-electron chi connectivity index (χ2n) is 19.1. The average Bonchev–Trinajstić information content (AvgIpc) is 3.55. The first kappa shape index (κ1) is 37.0. The lowest BCUT2D eigenvalue weighted by Gasteiger charge is -2.71. The number of hydrogen-bond acceptors (Lipinski definition) is 6. The Labute approximate surface area is 310 Å². The van der Waals surface area contributed by atoms with Gasteiger partial charge < -0.3 is 19.8 Å². The Morgan fingerprint density at radius 3 is 2.26 bits per heavy atom. The molecule has 4 bridgehead atoms. The number of alkyl halides is 3. The zero-order chi connectivity index (χ0) is 38.4. The van der Waals surface area contributed by atoms with Crippen LogP contribution in [0.1, 0.15) is 122 Å². The lowest BCUT2D eigenvalue weighted by Crippen LogP contribution is -2.68.